The average Bonchev–Trinajstić information content (AvgIpc) is 2.42. The fourth-order valence-electron chi connectivity index (χ4n) is 1.26. The molecule has 100 valence electrons. The number of nitriles is 1. The van der Waals surface area contributed by atoms with Crippen molar-refractivity contribution in [1.82, 2.24) is 15.6 Å². The summed E-state index contributed by atoms with van der Waals surface area (Å²) in [6.45, 7) is 2.19. The Hall–Kier alpha value is -2.39. The third kappa shape index (κ3) is 5.66. The average molecular weight is 260 g/mol. The third-order valence-corrected chi connectivity index (χ3v) is 2.20. The first kappa shape index (κ1) is 14.7. The van der Waals surface area contributed by atoms with E-state index in [2.05, 4.69) is 15.6 Å². The van der Waals surface area contributed by atoms with Gasteiger partial charge in [-0.2, -0.15) is 5.26 Å². The van der Waals surface area contributed by atoms with Gasteiger partial charge < -0.3 is 15.7 Å². The van der Waals surface area contributed by atoms with E-state index in [0.717, 1.165) is 5.56 Å². The normalized spacial score (nSPS) is 12.4. The number of carbonyl (C=O) groups is 1. The molecule has 0 saturated heterocycles. The van der Waals surface area contributed by atoms with Crippen molar-refractivity contribution in [1.29, 1.82) is 5.26 Å². The second kappa shape index (κ2) is 7.84. The summed E-state index contributed by atoms with van der Waals surface area (Å²) in [4.78, 5) is 15.6. The quantitative estimate of drug-likeness (QED) is 0.497. The SMILES string of the molecule is CC(O)CN/C=C(/C#N)C(=O)NCc1cccnc1. The summed E-state index contributed by atoms with van der Waals surface area (Å²) in [5.74, 6) is -0.468. The van der Waals surface area contributed by atoms with Crippen LogP contribution in [-0.4, -0.2) is 28.6 Å². The van der Waals surface area contributed by atoms with Gasteiger partial charge in [-0.1, -0.05) is 6.07 Å². The molecule has 0 saturated carbocycles. The van der Waals surface area contributed by atoms with Crippen LogP contribution in [0, 0.1) is 11.3 Å². The molecule has 1 rings (SSSR count). The minimum Gasteiger partial charge on any atom is -0.392 e. The fraction of sp³-hybridized carbons (Fsp3) is 0.308. The molecule has 0 aliphatic heterocycles. The molecule has 1 aromatic rings. The first-order chi connectivity index (χ1) is 9.13. The lowest BCUT2D eigenvalue weighted by molar-refractivity contribution is -0.117. The smallest absolute Gasteiger partial charge is 0.263 e. The summed E-state index contributed by atoms with van der Waals surface area (Å²) in [5, 5.41) is 23.2. The summed E-state index contributed by atoms with van der Waals surface area (Å²) in [7, 11) is 0. The summed E-state index contributed by atoms with van der Waals surface area (Å²) >= 11 is 0. The standard InChI is InChI=1S/C13H16N4O2/c1-10(18)6-16-9-12(5-14)13(19)17-8-11-3-2-4-15-7-11/h2-4,7,9-10,16,18H,6,8H2,1H3,(H,17,19)/b12-9-. The van der Waals surface area contributed by atoms with Crippen LogP contribution in [0.25, 0.3) is 0 Å². The highest BCUT2D eigenvalue weighted by atomic mass is 16.3. The highest BCUT2D eigenvalue weighted by molar-refractivity contribution is 5.97. The van der Waals surface area contributed by atoms with E-state index in [9.17, 15) is 4.79 Å². The Bertz CT molecular complexity index is 477. The number of aliphatic hydroxyl groups is 1. The van der Waals surface area contributed by atoms with Gasteiger partial charge in [0.05, 0.1) is 6.10 Å². The largest absolute Gasteiger partial charge is 0.392 e. The molecule has 1 amide bonds. The van der Waals surface area contributed by atoms with Gasteiger partial charge in [0.2, 0.25) is 0 Å². The molecule has 3 N–H and O–H groups in total. The van der Waals surface area contributed by atoms with Gasteiger partial charge >= 0.3 is 0 Å². The van der Waals surface area contributed by atoms with Gasteiger partial charge in [-0.3, -0.25) is 9.78 Å². The zero-order chi connectivity index (χ0) is 14.1. The van der Waals surface area contributed by atoms with Gasteiger partial charge in [-0.05, 0) is 18.6 Å². The number of hydrogen-bond acceptors (Lipinski definition) is 5. The zero-order valence-electron chi connectivity index (χ0n) is 10.6. The number of aliphatic hydroxyl groups excluding tert-OH is 1. The molecule has 0 aliphatic rings. The lowest BCUT2D eigenvalue weighted by Gasteiger charge is -2.06. The summed E-state index contributed by atoms with van der Waals surface area (Å²) in [5.41, 5.74) is 0.814. The Morgan fingerprint density at radius 1 is 1.68 bits per heavy atom. The lowest BCUT2D eigenvalue weighted by Crippen LogP contribution is -2.26. The molecule has 6 nitrogen and oxygen atoms in total. The van der Waals surface area contributed by atoms with Crippen molar-refractivity contribution in [3.63, 3.8) is 0 Å². The highest BCUT2D eigenvalue weighted by Crippen LogP contribution is 1.97. The van der Waals surface area contributed by atoms with Crippen LogP contribution >= 0.6 is 0 Å². The van der Waals surface area contributed by atoms with Crippen LogP contribution in [0.1, 0.15) is 12.5 Å². The number of amides is 1. The minimum absolute atomic E-state index is 0.0375. The molecular weight excluding hydrogens is 244 g/mol. The van der Waals surface area contributed by atoms with Crippen LogP contribution in [0.5, 0.6) is 0 Å². The maximum atomic E-state index is 11.7. The molecule has 0 aromatic carbocycles. The molecule has 0 aliphatic carbocycles. The van der Waals surface area contributed by atoms with Crippen LogP contribution in [-0.2, 0) is 11.3 Å². The number of pyridine rings is 1. The minimum atomic E-state index is -0.547. The Morgan fingerprint density at radius 2 is 2.47 bits per heavy atom. The van der Waals surface area contributed by atoms with E-state index >= 15 is 0 Å². The summed E-state index contributed by atoms with van der Waals surface area (Å²) in [6, 6.07) is 5.40. The molecule has 0 fully saturated rings. The van der Waals surface area contributed by atoms with Crippen LogP contribution in [0.15, 0.2) is 36.3 Å². The van der Waals surface area contributed by atoms with Crippen molar-refractivity contribution in [2.24, 2.45) is 0 Å². The van der Waals surface area contributed by atoms with E-state index < -0.39 is 12.0 Å². The van der Waals surface area contributed by atoms with E-state index in [0.29, 0.717) is 6.54 Å². The van der Waals surface area contributed by atoms with Gasteiger partial charge in [0, 0.05) is 31.7 Å². The van der Waals surface area contributed by atoms with Crippen LogP contribution in [0.4, 0.5) is 0 Å². The van der Waals surface area contributed by atoms with E-state index in [4.69, 9.17) is 10.4 Å². The Balaban J connectivity index is 2.48. The molecule has 1 heterocycles. The number of nitrogens with zero attached hydrogens (tertiary/aromatic N) is 2. The molecule has 1 unspecified atom stereocenters. The number of hydrogen-bond donors (Lipinski definition) is 3. The van der Waals surface area contributed by atoms with Crippen LogP contribution < -0.4 is 10.6 Å². The Labute approximate surface area is 111 Å². The molecule has 6 heteroatoms. The summed E-state index contributed by atoms with van der Waals surface area (Å²) < 4.78 is 0. The number of rotatable bonds is 6. The predicted octanol–water partition coefficient (Wildman–Crippen LogP) is 0.0757. The summed E-state index contributed by atoms with van der Waals surface area (Å²) in [6.07, 6.45) is 4.04. The van der Waals surface area contributed by atoms with E-state index in [-0.39, 0.29) is 12.1 Å². The van der Waals surface area contributed by atoms with Gasteiger partial charge in [0.1, 0.15) is 11.6 Å². The van der Waals surface area contributed by atoms with Crippen molar-refractivity contribution in [3.8, 4) is 6.07 Å². The molecular formula is C13H16N4O2. The van der Waals surface area contributed by atoms with Gasteiger partial charge in [-0.25, -0.2) is 0 Å². The zero-order valence-corrected chi connectivity index (χ0v) is 10.6. The fourth-order valence-corrected chi connectivity index (χ4v) is 1.26. The monoisotopic (exact) mass is 260 g/mol. The van der Waals surface area contributed by atoms with Crippen molar-refractivity contribution in [3.05, 3.63) is 41.9 Å². The van der Waals surface area contributed by atoms with E-state index in [1.54, 1.807) is 31.5 Å². The van der Waals surface area contributed by atoms with Crippen LogP contribution in [0.3, 0.4) is 0 Å². The van der Waals surface area contributed by atoms with E-state index in [1.165, 1.54) is 6.20 Å². The molecule has 1 aromatic heterocycles. The Kier molecular flexibility index (Phi) is 6.06. The number of nitrogens with one attached hydrogen (secondary N) is 2. The lowest BCUT2D eigenvalue weighted by atomic mass is 10.2. The first-order valence-electron chi connectivity index (χ1n) is 5.82. The number of aromatic nitrogens is 1. The van der Waals surface area contributed by atoms with Crippen molar-refractivity contribution in [2.45, 2.75) is 19.6 Å². The van der Waals surface area contributed by atoms with E-state index in [1.807, 2.05) is 6.07 Å². The third-order valence-electron chi connectivity index (χ3n) is 2.20. The predicted molar refractivity (Wildman–Crippen MR) is 69.5 cm³/mol. The van der Waals surface area contributed by atoms with Gasteiger partial charge in [0.25, 0.3) is 5.91 Å². The maximum absolute atomic E-state index is 11.7. The number of carbonyl (C=O) groups excluding carboxylic acids is 1. The molecule has 0 spiro atoms. The second-order valence-electron chi connectivity index (χ2n) is 3.97. The van der Waals surface area contributed by atoms with Gasteiger partial charge in [0.15, 0.2) is 0 Å². The van der Waals surface area contributed by atoms with Crippen molar-refractivity contribution < 1.29 is 9.90 Å². The van der Waals surface area contributed by atoms with Gasteiger partial charge in [-0.15, -0.1) is 0 Å². The van der Waals surface area contributed by atoms with Crippen molar-refractivity contribution >= 4 is 5.91 Å². The first-order valence-corrected chi connectivity index (χ1v) is 5.82. The van der Waals surface area contributed by atoms with Crippen LogP contribution in [0.2, 0.25) is 0 Å². The molecule has 1 atom stereocenters. The highest BCUT2D eigenvalue weighted by Gasteiger charge is 2.08. The molecule has 0 radical (unpaired) electrons. The Morgan fingerprint density at radius 3 is 3.05 bits per heavy atom. The molecule has 19 heavy (non-hydrogen) atoms. The topological polar surface area (TPSA) is 98.0 Å². The maximum Gasteiger partial charge on any atom is 0.263 e. The van der Waals surface area contributed by atoms with Crippen molar-refractivity contribution in [2.75, 3.05) is 6.54 Å². The second-order valence-corrected chi connectivity index (χ2v) is 3.97. The molecule has 0 bridgehead atoms.